The molecule has 1 saturated heterocycles. The predicted octanol–water partition coefficient (Wildman–Crippen LogP) is 2.50. The Kier molecular flexibility index (Phi) is 3.52. The predicted molar refractivity (Wildman–Crippen MR) is 58.6 cm³/mol. The molecule has 0 spiro atoms. The van der Waals surface area contributed by atoms with E-state index in [1.54, 1.807) is 0 Å². The van der Waals surface area contributed by atoms with Crippen LogP contribution in [0, 0.1) is 17.6 Å². The van der Waals surface area contributed by atoms with Crippen LogP contribution in [0.3, 0.4) is 0 Å². The van der Waals surface area contributed by atoms with E-state index < -0.39 is 11.6 Å². The lowest BCUT2D eigenvalue weighted by Gasteiger charge is -2.13. The van der Waals surface area contributed by atoms with E-state index in [1.165, 1.54) is 18.2 Å². The second kappa shape index (κ2) is 4.92. The first-order chi connectivity index (χ1) is 8.09. The summed E-state index contributed by atoms with van der Waals surface area (Å²) in [6.45, 7) is 2.35. The minimum atomic E-state index is -0.662. The lowest BCUT2D eigenvalue weighted by molar-refractivity contribution is -0.123. The van der Waals surface area contributed by atoms with Gasteiger partial charge in [-0.05, 0) is 25.5 Å². The summed E-state index contributed by atoms with van der Waals surface area (Å²) in [6.07, 6.45) is 0.282. The third-order valence-corrected chi connectivity index (χ3v) is 3.20. The fourth-order valence-electron chi connectivity index (χ4n) is 2.16. The van der Waals surface area contributed by atoms with Crippen molar-refractivity contribution in [2.24, 2.45) is 5.92 Å². The molecule has 0 amide bonds. The van der Waals surface area contributed by atoms with Crippen molar-refractivity contribution >= 4 is 5.78 Å². The highest BCUT2D eigenvalue weighted by Gasteiger charge is 2.31. The van der Waals surface area contributed by atoms with E-state index in [2.05, 4.69) is 0 Å². The number of ether oxygens (including phenoxy) is 1. The second-order valence-electron chi connectivity index (χ2n) is 4.31. The van der Waals surface area contributed by atoms with Gasteiger partial charge in [-0.1, -0.05) is 6.07 Å². The van der Waals surface area contributed by atoms with Crippen LogP contribution >= 0.6 is 0 Å². The molecule has 2 atom stereocenters. The standard InChI is InChI=1S/C13H14F2O2/c1-8-9(5-6-17-8)13(16)7-10-11(14)3-2-4-12(10)15/h2-4,8-9H,5-7H2,1H3. The number of hydrogen-bond donors (Lipinski definition) is 0. The average Bonchev–Trinajstić information content (AvgIpc) is 2.70. The van der Waals surface area contributed by atoms with E-state index in [4.69, 9.17) is 4.74 Å². The molecule has 0 bridgehead atoms. The van der Waals surface area contributed by atoms with Crippen LogP contribution in [0.4, 0.5) is 8.78 Å². The third kappa shape index (κ3) is 2.52. The number of rotatable bonds is 3. The maximum Gasteiger partial charge on any atom is 0.143 e. The van der Waals surface area contributed by atoms with Gasteiger partial charge in [-0.15, -0.1) is 0 Å². The van der Waals surface area contributed by atoms with Gasteiger partial charge in [0, 0.05) is 24.5 Å². The van der Waals surface area contributed by atoms with Gasteiger partial charge in [0.25, 0.3) is 0 Å². The van der Waals surface area contributed by atoms with Crippen molar-refractivity contribution in [3.63, 3.8) is 0 Å². The van der Waals surface area contributed by atoms with Crippen molar-refractivity contribution in [2.75, 3.05) is 6.61 Å². The fourth-order valence-corrected chi connectivity index (χ4v) is 2.16. The maximum atomic E-state index is 13.4. The summed E-state index contributed by atoms with van der Waals surface area (Å²) in [7, 11) is 0. The van der Waals surface area contributed by atoms with E-state index in [-0.39, 0.29) is 29.8 Å². The number of halogens is 2. The van der Waals surface area contributed by atoms with Crippen LogP contribution in [-0.4, -0.2) is 18.5 Å². The molecule has 1 aromatic carbocycles. The molecule has 2 unspecified atom stereocenters. The number of Topliss-reactive ketones (excluding diaryl/α,β-unsaturated/α-hetero) is 1. The van der Waals surface area contributed by atoms with Crippen molar-refractivity contribution in [2.45, 2.75) is 25.9 Å². The molecule has 2 nitrogen and oxygen atoms in total. The molecule has 17 heavy (non-hydrogen) atoms. The molecule has 1 fully saturated rings. The summed E-state index contributed by atoms with van der Waals surface area (Å²) >= 11 is 0. The van der Waals surface area contributed by atoms with E-state index in [9.17, 15) is 13.6 Å². The van der Waals surface area contributed by atoms with E-state index in [1.807, 2.05) is 6.92 Å². The van der Waals surface area contributed by atoms with Crippen molar-refractivity contribution in [1.29, 1.82) is 0 Å². The normalized spacial score (nSPS) is 23.9. The van der Waals surface area contributed by atoms with Crippen molar-refractivity contribution in [3.05, 3.63) is 35.4 Å². The van der Waals surface area contributed by atoms with Gasteiger partial charge in [0.1, 0.15) is 17.4 Å². The molecule has 0 saturated carbocycles. The molecule has 1 aromatic rings. The Balaban J connectivity index is 2.13. The monoisotopic (exact) mass is 240 g/mol. The van der Waals surface area contributed by atoms with Crippen LogP contribution in [0.5, 0.6) is 0 Å². The molecule has 0 aromatic heterocycles. The topological polar surface area (TPSA) is 26.3 Å². The molecule has 4 heteroatoms. The highest BCUT2D eigenvalue weighted by molar-refractivity contribution is 5.84. The Morgan fingerprint density at radius 2 is 2.06 bits per heavy atom. The Bertz CT molecular complexity index is 411. The van der Waals surface area contributed by atoms with Crippen LogP contribution in [0.25, 0.3) is 0 Å². The molecule has 0 N–H and O–H groups in total. The summed E-state index contributed by atoms with van der Waals surface area (Å²) in [5.41, 5.74) is -0.142. The van der Waals surface area contributed by atoms with E-state index >= 15 is 0 Å². The molecular formula is C13H14F2O2. The van der Waals surface area contributed by atoms with Crippen molar-refractivity contribution in [3.8, 4) is 0 Å². The van der Waals surface area contributed by atoms with Gasteiger partial charge in [0.05, 0.1) is 6.10 Å². The molecular weight excluding hydrogens is 226 g/mol. The van der Waals surface area contributed by atoms with Crippen LogP contribution in [0.2, 0.25) is 0 Å². The van der Waals surface area contributed by atoms with Gasteiger partial charge in [0.2, 0.25) is 0 Å². The largest absolute Gasteiger partial charge is 0.378 e. The molecule has 1 aliphatic rings. The Hall–Kier alpha value is -1.29. The first kappa shape index (κ1) is 12.2. The van der Waals surface area contributed by atoms with Crippen LogP contribution in [-0.2, 0) is 16.0 Å². The maximum absolute atomic E-state index is 13.4. The van der Waals surface area contributed by atoms with Gasteiger partial charge < -0.3 is 4.74 Å². The van der Waals surface area contributed by atoms with Gasteiger partial charge >= 0.3 is 0 Å². The summed E-state index contributed by atoms with van der Waals surface area (Å²) < 4.78 is 32.0. The summed E-state index contributed by atoms with van der Waals surface area (Å²) in [5.74, 6) is -1.72. The molecule has 0 radical (unpaired) electrons. The van der Waals surface area contributed by atoms with Gasteiger partial charge in [0.15, 0.2) is 0 Å². The summed E-state index contributed by atoms with van der Waals surface area (Å²) in [5, 5.41) is 0. The number of ketones is 1. The van der Waals surface area contributed by atoms with Crippen molar-refractivity contribution in [1.82, 2.24) is 0 Å². The zero-order chi connectivity index (χ0) is 12.4. The number of carbonyl (C=O) groups is 1. The van der Waals surface area contributed by atoms with Crippen LogP contribution < -0.4 is 0 Å². The smallest absolute Gasteiger partial charge is 0.143 e. The lowest BCUT2D eigenvalue weighted by Crippen LogP contribution is -2.24. The number of benzene rings is 1. The van der Waals surface area contributed by atoms with Gasteiger partial charge in [-0.2, -0.15) is 0 Å². The Morgan fingerprint density at radius 3 is 2.59 bits per heavy atom. The van der Waals surface area contributed by atoms with Crippen LogP contribution in [0.1, 0.15) is 18.9 Å². The average molecular weight is 240 g/mol. The molecule has 0 aliphatic carbocycles. The SMILES string of the molecule is CC1OCCC1C(=O)Cc1c(F)cccc1F. The highest BCUT2D eigenvalue weighted by atomic mass is 19.1. The van der Waals surface area contributed by atoms with Gasteiger partial charge in [-0.3, -0.25) is 4.79 Å². The Morgan fingerprint density at radius 1 is 1.41 bits per heavy atom. The van der Waals surface area contributed by atoms with E-state index in [0.29, 0.717) is 13.0 Å². The Labute approximate surface area is 98.6 Å². The number of carbonyl (C=O) groups excluding carboxylic acids is 1. The molecule has 1 heterocycles. The molecule has 1 aliphatic heterocycles. The molecule has 92 valence electrons. The van der Waals surface area contributed by atoms with E-state index in [0.717, 1.165) is 0 Å². The quantitative estimate of drug-likeness (QED) is 0.811. The molecule has 2 rings (SSSR count). The first-order valence-corrected chi connectivity index (χ1v) is 5.67. The summed E-state index contributed by atoms with van der Waals surface area (Å²) in [4.78, 5) is 11.9. The minimum absolute atomic E-state index is 0.142. The number of hydrogen-bond acceptors (Lipinski definition) is 2. The first-order valence-electron chi connectivity index (χ1n) is 5.67. The zero-order valence-electron chi connectivity index (χ0n) is 9.58. The van der Waals surface area contributed by atoms with Gasteiger partial charge in [-0.25, -0.2) is 8.78 Å². The third-order valence-electron chi connectivity index (χ3n) is 3.20. The lowest BCUT2D eigenvalue weighted by atomic mass is 9.92. The van der Waals surface area contributed by atoms with Crippen LogP contribution in [0.15, 0.2) is 18.2 Å². The fraction of sp³-hybridized carbons (Fsp3) is 0.462. The minimum Gasteiger partial charge on any atom is -0.378 e. The highest BCUT2D eigenvalue weighted by Crippen LogP contribution is 2.24. The second-order valence-corrected chi connectivity index (χ2v) is 4.31. The zero-order valence-corrected chi connectivity index (χ0v) is 9.58. The summed E-state index contributed by atoms with van der Waals surface area (Å²) in [6, 6.07) is 3.63. The van der Waals surface area contributed by atoms with Crippen molar-refractivity contribution < 1.29 is 18.3 Å².